The molecular weight excluding hydrogens is 262 g/mol. The molecule has 0 atom stereocenters. The van der Waals surface area contributed by atoms with E-state index >= 15 is 0 Å². The van der Waals surface area contributed by atoms with Crippen LogP contribution in [0.5, 0.6) is 11.6 Å². The molecule has 5 heteroatoms. The molecule has 0 aliphatic heterocycles. The fraction of sp³-hybridized carbons (Fsp3) is 0.286. The lowest BCUT2D eigenvalue weighted by Gasteiger charge is -2.09. The number of halogens is 1. The molecule has 0 saturated carbocycles. The quantitative estimate of drug-likeness (QED) is 0.929. The lowest BCUT2D eigenvalue weighted by atomic mass is 10.1. The standard InChI is InChI=1S/C14H16ClN3O/c1-9(2)13-6-14(18-8-17-13)19-11-4-3-10(7-16)12(15)5-11/h3-6,8-9H,7,16H2,1-2H3. The predicted octanol–water partition coefficient (Wildman–Crippen LogP) is 3.50. The molecule has 0 unspecified atom stereocenters. The second kappa shape index (κ2) is 5.99. The van der Waals surface area contributed by atoms with Crippen molar-refractivity contribution in [3.05, 3.63) is 46.9 Å². The zero-order valence-electron chi connectivity index (χ0n) is 10.9. The number of nitrogens with two attached hydrogens (primary N) is 1. The van der Waals surface area contributed by atoms with Gasteiger partial charge in [0.2, 0.25) is 5.88 Å². The van der Waals surface area contributed by atoms with Crippen molar-refractivity contribution in [2.24, 2.45) is 5.73 Å². The molecule has 0 saturated heterocycles. The Bertz CT molecular complexity index is 572. The first-order valence-electron chi connectivity index (χ1n) is 6.08. The summed E-state index contributed by atoms with van der Waals surface area (Å²) in [6.07, 6.45) is 1.50. The van der Waals surface area contributed by atoms with Gasteiger partial charge in [0.1, 0.15) is 12.1 Å². The SMILES string of the molecule is CC(C)c1cc(Oc2ccc(CN)c(Cl)c2)ncn1. The van der Waals surface area contributed by atoms with Crippen molar-refractivity contribution in [2.45, 2.75) is 26.3 Å². The van der Waals surface area contributed by atoms with Crippen molar-refractivity contribution in [2.75, 3.05) is 0 Å². The highest BCUT2D eigenvalue weighted by atomic mass is 35.5. The zero-order chi connectivity index (χ0) is 13.8. The third-order valence-electron chi connectivity index (χ3n) is 2.72. The van der Waals surface area contributed by atoms with Crippen LogP contribution in [0, 0.1) is 0 Å². The molecule has 0 radical (unpaired) electrons. The van der Waals surface area contributed by atoms with Gasteiger partial charge in [0.25, 0.3) is 0 Å². The molecule has 0 spiro atoms. The third-order valence-corrected chi connectivity index (χ3v) is 3.07. The molecule has 100 valence electrons. The second-order valence-electron chi connectivity index (χ2n) is 4.50. The van der Waals surface area contributed by atoms with Gasteiger partial charge in [-0.15, -0.1) is 0 Å². The van der Waals surface area contributed by atoms with Gasteiger partial charge < -0.3 is 10.5 Å². The van der Waals surface area contributed by atoms with Crippen molar-refractivity contribution in [1.82, 2.24) is 9.97 Å². The van der Waals surface area contributed by atoms with E-state index in [1.807, 2.05) is 18.2 Å². The van der Waals surface area contributed by atoms with E-state index in [4.69, 9.17) is 22.1 Å². The summed E-state index contributed by atoms with van der Waals surface area (Å²) in [6, 6.07) is 7.24. The average Bonchev–Trinajstić information content (AvgIpc) is 2.39. The van der Waals surface area contributed by atoms with Crippen LogP contribution < -0.4 is 10.5 Å². The Morgan fingerprint density at radius 1 is 1.26 bits per heavy atom. The van der Waals surface area contributed by atoms with Crippen LogP contribution in [-0.4, -0.2) is 9.97 Å². The van der Waals surface area contributed by atoms with Gasteiger partial charge in [0, 0.05) is 17.6 Å². The first-order valence-corrected chi connectivity index (χ1v) is 6.46. The number of hydrogen-bond acceptors (Lipinski definition) is 4. The Kier molecular flexibility index (Phi) is 4.35. The summed E-state index contributed by atoms with van der Waals surface area (Å²) in [5.74, 6) is 1.47. The highest BCUT2D eigenvalue weighted by molar-refractivity contribution is 6.31. The predicted molar refractivity (Wildman–Crippen MR) is 75.5 cm³/mol. The summed E-state index contributed by atoms with van der Waals surface area (Å²) in [5, 5.41) is 0.595. The van der Waals surface area contributed by atoms with Gasteiger partial charge in [-0.2, -0.15) is 0 Å². The van der Waals surface area contributed by atoms with Crippen molar-refractivity contribution >= 4 is 11.6 Å². The van der Waals surface area contributed by atoms with Crippen LogP contribution in [0.3, 0.4) is 0 Å². The molecule has 0 aliphatic carbocycles. The molecule has 0 amide bonds. The van der Waals surface area contributed by atoms with Crippen LogP contribution >= 0.6 is 11.6 Å². The lowest BCUT2D eigenvalue weighted by Crippen LogP contribution is -1.98. The van der Waals surface area contributed by atoms with E-state index in [1.165, 1.54) is 6.33 Å². The van der Waals surface area contributed by atoms with Crippen LogP contribution in [0.15, 0.2) is 30.6 Å². The van der Waals surface area contributed by atoms with E-state index < -0.39 is 0 Å². The fourth-order valence-corrected chi connectivity index (χ4v) is 1.85. The molecule has 1 aromatic heterocycles. The van der Waals surface area contributed by atoms with E-state index in [1.54, 1.807) is 6.07 Å². The van der Waals surface area contributed by atoms with Crippen molar-refractivity contribution < 1.29 is 4.74 Å². The first-order chi connectivity index (χ1) is 9.10. The minimum Gasteiger partial charge on any atom is -0.439 e. The molecule has 2 N–H and O–H groups in total. The molecule has 0 aliphatic rings. The van der Waals surface area contributed by atoms with Crippen LogP contribution in [0.25, 0.3) is 0 Å². The normalized spacial score (nSPS) is 10.8. The van der Waals surface area contributed by atoms with Gasteiger partial charge in [-0.25, -0.2) is 9.97 Å². The summed E-state index contributed by atoms with van der Waals surface area (Å²) >= 11 is 6.08. The van der Waals surface area contributed by atoms with E-state index in [2.05, 4.69) is 23.8 Å². The molecule has 19 heavy (non-hydrogen) atoms. The van der Waals surface area contributed by atoms with Gasteiger partial charge in [-0.05, 0) is 23.6 Å². The molecule has 2 aromatic rings. The molecule has 0 fully saturated rings. The number of ether oxygens (including phenoxy) is 1. The number of rotatable bonds is 4. The minimum absolute atomic E-state index is 0.327. The van der Waals surface area contributed by atoms with Crippen LogP contribution in [0.1, 0.15) is 31.0 Å². The monoisotopic (exact) mass is 277 g/mol. The van der Waals surface area contributed by atoms with Crippen molar-refractivity contribution in [3.63, 3.8) is 0 Å². The van der Waals surface area contributed by atoms with Gasteiger partial charge in [-0.3, -0.25) is 0 Å². The molecule has 2 rings (SSSR count). The Morgan fingerprint density at radius 2 is 2.05 bits per heavy atom. The maximum absolute atomic E-state index is 6.08. The van der Waals surface area contributed by atoms with E-state index in [0.29, 0.717) is 29.1 Å². The van der Waals surface area contributed by atoms with Gasteiger partial charge in [-0.1, -0.05) is 31.5 Å². The Morgan fingerprint density at radius 3 is 2.68 bits per heavy atom. The minimum atomic E-state index is 0.327. The Labute approximate surface area is 117 Å². The van der Waals surface area contributed by atoms with E-state index in [-0.39, 0.29) is 0 Å². The highest BCUT2D eigenvalue weighted by Crippen LogP contribution is 2.26. The summed E-state index contributed by atoms with van der Waals surface area (Å²) in [6.45, 7) is 4.54. The molecule has 1 heterocycles. The Hall–Kier alpha value is -1.65. The lowest BCUT2D eigenvalue weighted by molar-refractivity contribution is 0.459. The summed E-state index contributed by atoms with van der Waals surface area (Å²) < 4.78 is 5.67. The first kappa shape index (κ1) is 13.8. The van der Waals surface area contributed by atoms with E-state index in [0.717, 1.165) is 11.3 Å². The largest absolute Gasteiger partial charge is 0.439 e. The summed E-state index contributed by atoms with van der Waals surface area (Å²) in [5.41, 5.74) is 7.39. The zero-order valence-corrected chi connectivity index (χ0v) is 11.7. The average molecular weight is 278 g/mol. The molecule has 1 aromatic carbocycles. The maximum Gasteiger partial charge on any atom is 0.222 e. The molecule has 4 nitrogen and oxygen atoms in total. The third kappa shape index (κ3) is 3.43. The smallest absolute Gasteiger partial charge is 0.222 e. The fourth-order valence-electron chi connectivity index (χ4n) is 1.60. The van der Waals surface area contributed by atoms with Crippen molar-refractivity contribution in [1.29, 1.82) is 0 Å². The number of hydrogen-bond donors (Lipinski definition) is 1. The topological polar surface area (TPSA) is 61.0 Å². The Balaban J connectivity index is 2.21. The number of benzene rings is 1. The van der Waals surface area contributed by atoms with Crippen LogP contribution in [0.2, 0.25) is 5.02 Å². The number of nitrogens with zero attached hydrogens (tertiary/aromatic N) is 2. The van der Waals surface area contributed by atoms with Crippen molar-refractivity contribution in [3.8, 4) is 11.6 Å². The van der Waals surface area contributed by atoms with Crippen LogP contribution in [-0.2, 0) is 6.54 Å². The highest BCUT2D eigenvalue weighted by Gasteiger charge is 2.06. The van der Waals surface area contributed by atoms with Gasteiger partial charge in [0.15, 0.2) is 0 Å². The van der Waals surface area contributed by atoms with Gasteiger partial charge in [0.05, 0.1) is 5.69 Å². The summed E-state index contributed by atoms with van der Waals surface area (Å²) in [7, 11) is 0. The maximum atomic E-state index is 6.08. The molecular formula is C14H16ClN3O. The summed E-state index contributed by atoms with van der Waals surface area (Å²) in [4.78, 5) is 8.28. The number of aromatic nitrogens is 2. The van der Waals surface area contributed by atoms with Crippen LogP contribution in [0.4, 0.5) is 0 Å². The molecule has 0 bridgehead atoms. The second-order valence-corrected chi connectivity index (χ2v) is 4.90. The van der Waals surface area contributed by atoms with Gasteiger partial charge >= 0.3 is 0 Å². The van der Waals surface area contributed by atoms with E-state index in [9.17, 15) is 0 Å².